The molecule has 0 spiro atoms. The van der Waals surface area contributed by atoms with Gasteiger partial charge in [-0.3, -0.25) is 0 Å². The molecule has 0 atom stereocenters. The van der Waals surface area contributed by atoms with E-state index < -0.39 is 0 Å². The van der Waals surface area contributed by atoms with Gasteiger partial charge in [0.1, 0.15) is 7.05 Å². The van der Waals surface area contributed by atoms with Crippen molar-refractivity contribution in [3.8, 4) is 0 Å². The van der Waals surface area contributed by atoms with E-state index in [1.165, 1.54) is 67.0 Å². The Balaban J connectivity index is 1.36. The third-order valence-electron chi connectivity index (χ3n) is 10.1. The number of rotatable bonds is 4. The third kappa shape index (κ3) is 4.27. The molecule has 0 bridgehead atoms. The van der Waals surface area contributed by atoms with E-state index in [0.717, 1.165) is 12.8 Å². The molecule has 4 aromatic rings. The zero-order chi connectivity index (χ0) is 29.9. The first-order valence-electron chi connectivity index (χ1n) is 15.5. The number of likely N-dealkylation sites (N-methyl/N-ethyl adjacent to an activating group) is 1. The number of hydrogen-bond donors (Lipinski definition) is 0. The summed E-state index contributed by atoms with van der Waals surface area (Å²) >= 11 is 0. The van der Waals surface area contributed by atoms with Gasteiger partial charge in [0.25, 0.3) is 0 Å². The van der Waals surface area contributed by atoms with Crippen LogP contribution in [0.3, 0.4) is 0 Å². The Hall–Kier alpha value is -4.43. The zero-order valence-electron chi connectivity index (χ0n) is 26.3. The molecule has 0 radical (unpaired) electrons. The highest BCUT2D eigenvalue weighted by atomic mass is 15.2. The van der Waals surface area contributed by atoms with Crippen molar-refractivity contribution in [2.24, 2.45) is 0 Å². The van der Waals surface area contributed by atoms with Crippen LogP contribution in [-0.4, -0.2) is 24.4 Å². The Kier molecular flexibility index (Phi) is 6.43. The van der Waals surface area contributed by atoms with Gasteiger partial charge >= 0.3 is 0 Å². The largest absolute Gasteiger partial charge is 0.347 e. The second-order valence-electron chi connectivity index (χ2n) is 13.3. The standard InChI is InChI=1S/C41H41N2/c1-40(2)33-18-9-11-20-35(33)42(5)37(40)26-24-29-22-23-30(39(29)32-17-13-15-28-14-7-8-16-31(28)32)25-27-38-41(3,4)34-19-10-12-21-36(34)43(38)6/h7-21,24-27H,22-23H2,1-6H3/q+1. The maximum absolute atomic E-state index is 2.41. The van der Waals surface area contributed by atoms with Crippen LogP contribution in [0.25, 0.3) is 16.3 Å². The van der Waals surface area contributed by atoms with Crippen LogP contribution in [0.15, 0.2) is 132 Å². The molecular formula is C41H41N2+. The summed E-state index contributed by atoms with van der Waals surface area (Å²) in [6, 6.07) is 33.2. The Bertz CT molecular complexity index is 1930. The average molecular weight is 562 g/mol. The van der Waals surface area contributed by atoms with Crippen LogP contribution < -0.4 is 4.90 Å². The number of benzene rings is 4. The smallest absolute Gasteiger partial charge is 0.209 e. The molecule has 7 rings (SSSR count). The van der Waals surface area contributed by atoms with E-state index in [9.17, 15) is 0 Å². The molecule has 2 nitrogen and oxygen atoms in total. The number of para-hydroxylation sites is 2. The van der Waals surface area contributed by atoms with Crippen molar-refractivity contribution in [1.29, 1.82) is 0 Å². The molecule has 0 unspecified atom stereocenters. The minimum absolute atomic E-state index is 0.0443. The van der Waals surface area contributed by atoms with Crippen LogP contribution in [-0.2, 0) is 10.8 Å². The molecule has 3 aliphatic rings. The van der Waals surface area contributed by atoms with E-state index in [1.807, 2.05) is 0 Å². The molecule has 2 heterocycles. The molecule has 43 heavy (non-hydrogen) atoms. The summed E-state index contributed by atoms with van der Waals surface area (Å²) in [4.78, 5) is 2.37. The van der Waals surface area contributed by atoms with Gasteiger partial charge in [-0.15, -0.1) is 0 Å². The topological polar surface area (TPSA) is 6.25 Å². The van der Waals surface area contributed by atoms with Gasteiger partial charge in [0.15, 0.2) is 5.71 Å². The number of anilines is 1. The van der Waals surface area contributed by atoms with Crippen molar-refractivity contribution >= 4 is 33.4 Å². The summed E-state index contributed by atoms with van der Waals surface area (Å²) in [5.74, 6) is 0. The SMILES string of the molecule is CN1/C(=C\C=C2\CCC(/C=C\C3=[N+](C)c4ccccc4C3(C)C)=C2c2cccc3ccccc23)C(C)(C)c2ccccc21. The second kappa shape index (κ2) is 10.1. The molecule has 4 aromatic carbocycles. The monoisotopic (exact) mass is 561 g/mol. The first-order valence-corrected chi connectivity index (χ1v) is 15.5. The summed E-state index contributed by atoms with van der Waals surface area (Å²) in [5, 5.41) is 2.60. The fourth-order valence-corrected chi connectivity index (χ4v) is 7.81. The van der Waals surface area contributed by atoms with E-state index >= 15 is 0 Å². The number of hydrogen-bond acceptors (Lipinski definition) is 1. The Morgan fingerprint density at radius 2 is 1.40 bits per heavy atom. The third-order valence-corrected chi connectivity index (χ3v) is 10.1. The van der Waals surface area contributed by atoms with Gasteiger partial charge in [0.05, 0.1) is 5.41 Å². The number of nitrogens with zero attached hydrogens (tertiary/aromatic N) is 2. The average Bonchev–Trinajstić information content (AvgIpc) is 3.57. The lowest BCUT2D eigenvalue weighted by molar-refractivity contribution is -0.401. The van der Waals surface area contributed by atoms with E-state index in [0.29, 0.717) is 0 Å². The lowest BCUT2D eigenvalue weighted by atomic mass is 9.81. The summed E-state index contributed by atoms with van der Waals surface area (Å²) in [5.41, 5.74) is 13.5. The molecule has 0 fully saturated rings. The predicted octanol–water partition coefficient (Wildman–Crippen LogP) is 9.89. The Labute approximate surface area is 256 Å². The van der Waals surface area contributed by atoms with Gasteiger partial charge in [-0.1, -0.05) is 105 Å². The molecule has 0 N–H and O–H groups in total. The van der Waals surface area contributed by atoms with Gasteiger partial charge in [-0.2, -0.15) is 4.58 Å². The maximum Gasteiger partial charge on any atom is 0.209 e. The molecule has 1 aliphatic carbocycles. The number of allylic oxidation sites excluding steroid dienone is 8. The van der Waals surface area contributed by atoms with Crippen LogP contribution in [0, 0.1) is 0 Å². The lowest BCUT2D eigenvalue weighted by Gasteiger charge is -2.24. The van der Waals surface area contributed by atoms with Crippen molar-refractivity contribution in [3.05, 3.63) is 149 Å². The fourth-order valence-electron chi connectivity index (χ4n) is 7.81. The van der Waals surface area contributed by atoms with Gasteiger partial charge in [-0.05, 0) is 77.5 Å². The van der Waals surface area contributed by atoms with Gasteiger partial charge in [0, 0.05) is 41.6 Å². The van der Waals surface area contributed by atoms with Crippen LogP contribution in [0.2, 0.25) is 0 Å². The Morgan fingerprint density at radius 1 is 0.698 bits per heavy atom. The molecule has 2 heteroatoms. The van der Waals surface area contributed by atoms with Crippen molar-refractivity contribution in [3.63, 3.8) is 0 Å². The quantitative estimate of drug-likeness (QED) is 0.225. The summed E-state index contributed by atoms with van der Waals surface area (Å²) in [7, 11) is 4.41. The van der Waals surface area contributed by atoms with Gasteiger partial charge < -0.3 is 4.90 Å². The molecule has 0 amide bonds. The summed E-state index contributed by atoms with van der Waals surface area (Å²) in [6.45, 7) is 9.39. The first kappa shape index (κ1) is 27.4. The fraction of sp³-hybridized carbons (Fsp3) is 0.244. The predicted molar refractivity (Wildman–Crippen MR) is 184 cm³/mol. The Morgan fingerprint density at radius 3 is 2.19 bits per heavy atom. The highest BCUT2D eigenvalue weighted by Gasteiger charge is 2.42. The highest BCUT2D eigenvalue weighted by Crippen LogP contribution is 2.48. The summed E-state index contributed by atoms with van der Waals surface area (Å²) in [6.07, 6.45) is 11.7. The normalized spacial score (nSPS) is 20.7. The second-order valence-corrected chi connectivity index (χ2v) is 13.3. The number of fused-ring (bicyclic) bond motifs is 3. The molecule has 0 saturated heterocycles. The van der Waals surface area contributed by atoms with Crippen molar-refractivity contribution in [1.82, 2.24) is 0 Å². The van der Waals surface area contributed by atoms with Crippen molar-refractivity contribution in [2.75, 3.05) is 19.0 Å². The van der Waals surface area contributed by atoms with Crippen molar-refractivity contribution in [2.45, 2.75) is 51.4 Å². The van der Waals surface area contributed by atoms with Crippen LogP contribution in [0.5, 0.6) is 0 Å². The van der Waals surface area contributed by atoms with Crippen LogP contribution in [0.4, 0.5) is 11.4 Å². The van der Waals surface area contributed by atoms with Crippen LogP contribution >= 0.6 is 0 Å². The molecule has 0 aromatic heterocycles. The summed E-state index contributed by atoms with van der Waals surface area (Å²) < 4.78 is 2.37. The zero-order valence-corrected chi connectivity index (χ0v) is 26.3. The van der Waals surface area contributed by atoms with E-state index in [1.54, 1.807) is 0 Å². The minimum Gasteiger partial charge on any atom is -0.347 e. The van der Waals surface area contributed by atoms with E-state index in [-0.39, 0.29) is 10.8 Å². The molecule has 0 saturated carbocycles. The van der Waals surface area contributed by atoms with E-state index in [2.05, 4.69) is 167 Å². The van der Waals surface area contributed by atoms with Crippen LogP contribution in [0.1, 0.15) is 57.2 Å². The van der Waals surface area contributed by atoms with Gasteiger partial charge in [-0.25, -0.2) is 0 Å². The molecule has 2 aliphatic heterocycles. The lowest BCUT2D eigenvalue weighted by Crippen LogP contribution is -2.26. The highest BCUT2D eigenvalue weighted by molar-refractivity contribution is 6.04. The minimum atomic E-state index is -0.0443. The van der Waals surface area contributed by atoms with Gasteiger partial charge in [0.2, 0.25) is 5.69 Å². The van der Waals surface area contributed by atoms with Crippen molar-refractivity contribution < 1.29 is 4.58 Å². The first-order chi connectivity index (χ1) is 20.7. The molecular weight excluding hydrogens is 520 g/mol. The van der Waals surface area contributed by atoms with E-state index in [4.69, 9.17) is 0 Å². The maximum atomic E-state index is 2.41. The molecule has 214 valence electrons.